The number of halogens is 3. The van der Waals surface area contributed by atoms with Gasteiger partial charge in [-0.2, -0.15) is 13.2 Å². The summed E-state index contributed by atoms with van der Waals surface area (Å²) in [5, 5.41) is 12.3. The van der Waals surface area contributed by atoms with Crippen LogP contribution in [-0.2, 0) is 24.4 Å². The molecule has 0 bridgehead atoms. The van der Waals surface area contributed by atoms with Gasteiger partial charge in [0.1, 0.15) is 0 Å². The summed E-state index contributed by atoms with van der Waals surface area (Å²) in [4.78, 5) is 27.7. The summed E-state index contributed by atoms with van der Waals surface area (Å²) in [6.07, 6.45) is 2.62. The first kappa shape index (κ1) is 30.1. The summed E-state index contributed by atoms with van der Waals surface area (Å²) in [5.74, 6) is 0.194. The van der Waals surface area contributed by atoms with E-state index < -0.39 is 23.7 Å². The smallest absolute Gasteiger partial charge is 0.350 e. The van der Waals surface area contributed by atoms with Crippen LogP contribution in [-0.4, -0.2) is 47.3 Å². The first-order valence-corrected chi connectivity index (χ1v) is 14.1. The van der Waals surface area contributed by atoms with Gasteiger partial charge < -0.3 is 20.1 Å². The van der Waals surface area contributed by atoms with Gasteiger partial charge in [-0.15, -0.1) is 0 Å². The van der Waals surface area contributed by atoms with Gasteiger partial charge in [0.25, 0.3) is 6.20 Å². The minimum Gasteiger partial charge on any atom is -0.350 e. The number of hydrogen-bond donors (Lipinski definition) is 3. The van der Waals surface area contributed by atoms with Gasteiger partial charge in [-0.05, 0) is 67.4 Å². The average Bonchev–Trinajstić information content (AvgIpc) is 3.52. The Labute approximate surface area is 246 Å². The highest BCUT2D eigenvalue weighted by atomic mass is 19.4. The van der Waals surface area contributed by atoms with Crippen LogP contribution < -0.4 is 20.6 Å². The summed E-state index contributed by atoms with van der Waals surface area (Å²) in [5.41, 5.74) is 0.406. The Kier molecular flexibility index (Phi) is 8.71. The molecule has 2 aromatic heterocycles. The number of carbonyl (C=O) groups is 2. The summed E-state index contributed by atoms with van der Waals surface area (Å²) in [7, 11) is 5.98. The number of urea groups is 1. The molecule has 5 rings (SSSR count). The number of hydrogen-bond acceptors (Lipinski definition) is 5. The van der Waals surface area contributed by atoms with Gasteiger partial charge in [-0.1, -0.05) is 18.2 Å². The molecule has 10 nitrogen and oxygen atoms in total. The number of rotatable bonds is 8. The van der Waals surface area contributed by atoms with E-state index in [4.69, 9.17) is 4.52 Å². The molecule has 228 valence electrons. The van der Waals surface area contributed by atoms with Crippen LogP contribution in [0.15, 0.2) is 59.4 Å². The number of fused-ring (bicyclic) bond motifs is 1. The lowest BCUT2D eigenvalue weighted by Gasteiger charge is -2.26. The summed E-state index contributed by atoms with van der Waals surface area (Å²) in [6.45, 7) is 1.04. The molecular weight excluding hydrogens is 563 g/mol. The van der Waals surface area contributed by atoms with Crippen LogP contribution in [0.25, 0.3) is 10.9 Å². The number of benzene rings is 2. The minimum atomic E-state index is -4.70. The van der Waals surface area contributed by atoms with Crippen LogP contribution in [0.2, 0.25) is 0 Å². The molecule has 2 aromatic carbocycles. The van der Waals surface area contributed by atoms with Crippen LogP contribution in [0.5, 0.6) is 0 Å². The van der Waals surface area contributed by atoms with Crippen LogP contribution in [0.4, 0.5) is 35.2 Å². The van der Waals surface area contributed by atoms with Gasteiger partial charge >= 0.3 is 18.1 Å². The Morgan fingerprint density at radius 3 is 2.44 bits per heavy atom. The maximum atomic E-state index is 13.7. The van der Waals surface area contributed by atoms with E-state index in [-0.39, 0.29) is 29.7 Å². The van der Waals surface area contributed by atoms with E-state index in [0.717, 1.165) is 60.8 Å². The highest BCUT2D eigenvalue weighted by molar-refractivity contribution is 6.00. The van der Waals surface area contributed by atoms with E-state index in [9.17, 15) is 22.8 Å². The third-order valence-electron chi connectivity index (χ3n) is 7.67. The lowest BCUT2D eigenvalue weighted by atomic mass is 9.86. The van der Waals surface area contributed by atoms with Gasteiger partial charge in [-0.3, -0.25) is 14.6 Å². The molecule has 0 radical (unpaired) electrons. The number of carbonyl (C=O) groups excluding carboxylic acids is 2. The Bertz CT molecular complexity index is 1600. The number of aromatic nitrogens is 3. The lowest BCUT2D eigenvalue weighted by Crippen LogP contribution is -2.43. The van der Waals surface area contributed by atoms with Crippen molar-refractivity contribution in [3.8, 4) is 0 Å². The molecule has 0 unspecified atom stereocenters. The Hall–Kier alpha value is -4.39. The molecule has 1 saturated carbocycles. The van der Waals surface area contributed by atoms with E-state index in [2.05, 4.69) is 40.2 Å². The highest BCUT2D eigenvalue weighted by Crippen LogP contribution is 2.34. The van der Waals surface area contributed by atoms with Gasteiger partial charge in [-0.25, -0.2) is 4.79 Å². The number of para-hydroxylation sites is 1. The molecule has 4 aromatic rings. The molecule has 2 heterocycles. The van der Waals surface area contributed by atoms with Gasteiger partial charge in [0.2, 0.25) is 11.2 Å². The average molecular weight is 599 g/mol. The molecule has 3 N–H and O–H groups in total. The predicted octanol–water partition coefficient (Wildman–Crippen LogP) is 5.59. The second-order valence-corrected chi connectivity index (χ2v) is 11.4. The van der Waals surface area contributed by atoms with Crippen LogP contribution in [0.3, 0.4) is 0 Å². The van der Waals surface area contributed by atoms with Crippen molar-refractivity contribution in [2.24, 2.45) is 13.0 Å². The largest absolute Gasteiger partial charge is 0.416 e. The van der Waals surface area contributed by atoms with E-state index >= 15 is 0 Å². The van der Waals surface area contributed by atoms with Crippen molar-refractivity contribution in [2.75, 3.05) is 36.6 Å². The molecular formula is C30H35F3N7O3+. The van der Waals surface area contributed by atoms with Crippen molar-refractivity contribution < 1.29 is 32.0 Å². The molecule has 0 atom stereocenters. The molecule has 43 heavy (non-hydrogen) atoms. The molecule has 0 saturated heterocycles. The van der Waals surface area contributed by atoms with E-state index in [1.807, 2.05) is 42.1 Å². The number of aryl methyl sites for hydroxylation is 1. The number of amides is 3. The molecule has 3 amide bonds. The number of anilines is 3. The fourth-order valence-electron chi connectivity index (χ4n) is 5.75. The van der Waals surface area contributed by atoms with Gasteiger partial charge in [0.05, 0.1) is 12.0 Å². The van der Waals surface area contributed by atoms with E-state index in [1.54, 1.807) is 10.9 Å². The Balaban J connectivity index is 1.23. The van der Waals surface area contributed by atoms with Gasteiger partial charge in [0, 0.05) is 54.9 Å². The predicted molar refractivity (Wildman–Crippen MR) is 156 cm³/mol. The number of nitrogens with zero attached hydrogens (tertiary/aromatic N) is 4. The van der Waals surface area contributed by atoms with Crippen molar-refractivity contribution in [1.82, 2.24) is 14.7 Å². The van der Waals surface area contributed by atoms with Crippen LogP contribution in [0.1, 0.15) is 42.9 Å². The second-order valence-electron chi connectivity index (χ2n) is 11.4. The molecule has 0 aliphatic heterocycles. The maximum absolute atomic E-state index is 13.7. The molecule has 0 spiro atoms. The van der Waals surface area contributed by atoms with Crippen molar-refractivity contribution in [1.29, 1.82) is 0 Å². The van der Waals surface area contributed by atoms with Gasteiger partial charge in [0.15, 0.2) is 6.04 Å². The summed E-state index contributed by atoms with van der Waals surface area (Å²) in [6, 6.07) is 9.77. The standard InChI is InChI=1S/C30H34F3N7O3/c1-38(2)16-19-8-10-24(11-9-19)40-18-28(43-37-40)36-29(42)35-23-14-21(30(31,32)33)13-22(15-23)34-27(41)12-20-17-39(3)26-7-5-4-6-25(20)26/h4-7,13-15,17-19,24H,8-12,16H2,1-3H3,(H2-,34,35,36,37,41,42)/p+1. The normalized spacial score (nSPS) is 17.3. The SMILES string of the molecule is CN(C)CC1CCC([n+]2cc(NC(=O)Nc3cc(NC(=O)Cc4cn(C)c5ccccc45)cc(C(F)(F)F)c3)on2)CC1. The summed E-state index contributed by atoms with van der Waals surface area (Å²) >= 11 is 0. The fraction of sp³-hybridized carbons (Fsp3) is 0.400. The third kappa shape index (κ3) is 7.53. The number of nitrogens with one attached hydrogen (secondary N) is 3. The van der Waals surface area contributed by atoms with Crippen molar-refractivity contribution in [2.45, 2.75) is 44.3 Å². The molecule has 1 fully saturated rings. The lowest BCUT2D eigenvalue weighted by molar-refractivity contribution is -0.787. The third-order valence-corrected chi connectivity index (χ3v) is 7.67. The fourth-order valence-corrected chi connectivity index (χ4v) is 5.75. The minimum absolute atomic E-state index is 0.0381. The quantitative estimate of drug-likeness (QED) is 0.229. The van der Waals surface area contributed by atoms with Crippen molar-refractivity contribution in [3.63, 3.8) is 0 Å². The zero-order valence-electron chi connectivity index (χ0n) is 24.2. The molecule has 13 heteroatoms. The molecule has 1 aliphatic rings. The van der Waals surface area contributed by atoms with Crippen molar-refractivity contribution >= 4 is 40.1 Å². The van der Waals surface area contributed by atoms with E-state index in [0.29, 0.717) is 5.92 Å². The van der Waals surface area contributed by atoms with Crippen LogP contribution >= 0.6 is 0 Å². The van der Waals surface area contributed by atoms with Crippen LogP contribution in [0, 0.1) is 5.92 Å². The zero-order valence-corrected chi connectivity index (χ0v) is 24.2. The Morgan fingerprint density at radius 1 is 1.05 bits per heavy atom. The topological polar surface area (TPSA) is 108 Å². The zero-order chi connectivity index (χ0) is 30.7. The monoisotopic (exact) mass is 598 g/mol. The summed E-state index contributed by atoms with van der Waals surface area (Å²) < 4.78 is 49.9. The first-order chi connectivity index (χ1) is 20.4. The van der Waals surface area contributed by atoms with Crippen molar-refractivity contribution in [3.05, 3.63) is 66.0 Å². The highest BCUT2D eigenvalue weighted by Gasteiger charge is 2.33. The second kappa shape index (κ2) is 12.5. The maximum Gasteiger partial charge on any atom is 0.416 e. The van der Waals surface area contributed by atoms with E-state index in [1.165, 1.54) is 6.07 Å². The first-order valence-electron chi connectivity index (χ1n) is 14.1. The molecule has 1 aliphatic carbocycles. The Morgan fingerprint density at radius 2 is 1.74 bits per heavy atom. The number of alkyl halides is 3.